The fourth-order valence-electron chi connectivity index (χ4n) is 2.68. The Hall–Kier alpha value is -2.10. The molecule has 1 aromatic carbocycles. The fraction of sp³-hybridized carbons (Fsp3) is 0.421. The zero-order chi connectivity index (χ0) is 18.7. The summed E-state index contributed by atoms with van der Waals surface area (Å²) in [5.41, 5.74) is -0.0631. The minimum atomic E-state index is -3.09. The lowest BCUT2D eigenvalue weighted by Crippen LogP contribution is -2.41. The fourth-order valence-corrected chi connectivity index (χ4v) is 4.41. The van der Waals surface area contributed by atoms with Crippen LogP contribution < -0.4 is 0 Å². The van der Waals surface area contributed by atoms with E-state index in [4.69, 9.17) is 0 Å². The summed E-state index contributed by atoms with van der Waals surface area (Å²) in [5.74, 6) is 5.41. The van der Waals surface area contributed by atoms with E-state index in [1.807, 2.05) is 0 Å². The van der Waals surface area contributed by atoms with Gasteiger partial charge in [-0.15, -0.1) is 6.58 Å². The van der Waals surface area contributed by atoms with Gasteiger partial charge in [-0.25, -0.2) is 8.42 Å². The van der Waals surface area contributed by atoms with E-state index >= 15 is 0 Å². The first-order valence-corrected chi connectivity index (χ1v) is 9.91. The summed E-state index contributed by atoms with van der Waals surface area (Å²) in [6.45, 7) is 7.12. The van der Waals surface area contributed by atoms with E-state index in [-0.39, 0.29) is 23.5 Å². The number of amides is 1. The van der Waals surface area contributed by atoms with E-state index in [1.165, 1.54) is 0 Å². The van der Waals surface area contributed by atoms with E-state index in [2.05, 4.69) is 18.4 Å². The molecule has 2 rings (SSSR count). The summed E-state index contributed by atoms with van der Waals surface area (Å²) in [4.78, 5) is 14.4. The van der Waals surface area contributed by atoms with Gasteiger partial charge in [0.15, 0.2) is 9.84 Å². The van der Waals surface area contributed by atoms with Gasteiger partial charge in [0.05, 0.1) is 11.5 Å². The minimum absolute atomic E-state index is 0.00915. The van der Waals surface area contributed by atoms with Crippen LogP contribution in [0.2, 0.25) is 0 Å². The van der Waals surface area contributed by atoms with Crippen LogP contribution in [0.3, 0.4) is 0 Å². The first-order valence-electron chi connectivity index (χ1n) is 8.09. The van der Waals surface area contributed by atoms with Gasteiger partial charge in [0.25, 0.3) is 5.91 Å². The highest BCUT2D eigenvalue weighted by Crippen LogP contribution is 2.20. The van der Waals surface area contributed by atoms with E-state index in [9.17, 15) is 18.3 Å². The van der Waals surface area contributed by atoms with Crippen molar-refractivity contribution < 1.29 is 18.3 Å². The Morgan fingerprint density at radius 3 is 2.76 bits per heavy atom. The van der Waals surface area contributed by atoms with Crippen LogP contribution in [0, 0.1) is 11.8 Å². The molecule has 1 fully saturated rings. The van der Waals surface area contributed by atoms with Gasteiger partial charge in [0, 0.05) is 23.7 Å². The molecule has 6 heteroatoms. The highest BCUT2D eigenvalue weighted by molar-refractivity contribution is 7.91. The summed E-state index contributed by atoms with van der Waals surface area (Å²) in [6, 6.07) is 6.48. The molecule has 1 aliphatic heterocycles. The second kappa shape index (κ2) is 7.42. The number of carbonyl (C=O) groups excluding carboxylic acids is 1. The highest BCUT2D eigenvalue weighted by atomic mass is 32.2. The van der Waals surface area contributed by atoms with E-state index < -0.39 is 15.4 Å². The van der Waals surface area contributed by atoms with Gasteiger partial charge >= 0.3 is 0 Å². The van der Waals surface area contributed by atoms with Crippen molar-refractivity contribution in [3.05, 3.63) is 48.0 Å². The van der Waals surface area contributed by atoms with Gasteiger partial charge in [-0.1, -0.05) is 24.0 Å². The zero-order valence-electron chi connectivity index (χ0n) is 14.5. The first kappa shape index (κ1) is 19.2. The summed E-state index contributed by atoms with van der Waals surface area (Å²) in [7, 11) is -3.09. The maximum atomic E-state index is 12.9. The molecule has 134 valence electrons. The van der Waals surface area contributed by atoms with Crippen molar-refractivity contribution in [1.82, 2.24) is 4.90 Å². The van der Waals surface area contributed by atoms with E-state index in [1.54, 1.807) is 49.1 Å². The average molecular weight is 361 g/mol. The molecule has 0 saturated carbocycles. The summed E-state index contributed by atoms with van der Waals surface area (Å²) in [6.07, 6.45) is 2.04. The number of nitrogens with zero attached hydrogens (tertiary/aromatic N) is 1. The Morgan fingerprint density at radius 1 is 1.48 bits per heavy atom. The number of sulfone groups is 1. The molecule has 1 aromatic rings. The second-order valence-electron chi connectivity index (χ2n) is 6.69. The van der Waals surface area contributed by atoms with Crippen molar-refractivity contribution in [3.63, 3.8) is 0 Å². The third-order valence-corrected chi connectivity index (χ3v) is 5.61. The van der Waals surface area contributed by atoms with Crippen LogP contribution in [-0.4, -0.2) is 54.0 Å². The van der Waals surface area contributed by atoms with Crippen molar-refractivity contribution >= 4 is 15.7 Å². The maximum absolute atomic E-state index is 12.9. The molecule has 1 N–H and O–H groups in total. The molecule has 1 unspecified atom stereocenters. The topological polar surface area (TPSA) is 74.7 Å². The lowest BCUT2D eigenvalue weighted by molar-refractivity contribution is 0.0720. The van der Waals surface area contributed by atoms with Crippen molar-refractivity contribution in [2.24, 2.45) is 0 Å². The number of rotatable bonds is 4. The van der Waals surface area contributed by atoms with Crippen LogP contribution in [0.5, 0.6) is 0 Å². The second-order valence-corrected chi connectivity index (χ2v) is 8.92. The molecule has 1 amide bonds. The molecule has 0 spiro atoms. The summed E-state index contributed by atoms with van der Waals surface area (Å²) < 4.78 is 23.5. The summed E-state index contributed by atoms with van der Waals surface area (Å²) >= 11 is 0. The third kappa shape index (κ3) is 5.45. The Labute approximate surface area is 149 Å². The molecule has 1 saturated heterocycles. The van der Waals surface area contributed by atoms with Gasteiger partial charge in [-0.2, -0.15) is 0 Å². The van der Waals surface area contributed by atoms with Crippen molar-refractivity contribution in [3.8, 4) is 11.8 Å². The van der Waals surface area contributed by atoms with Crippen molar-refractivity contribution in [1.29, 1.82) is 0 Å². The molecule has 0 bridgehead atoms. The standard InChI is InChI=1S/C19H23NO4S/c1-4-11-20(17-9-12-25(23,24)14-17)18(21)16-7-5-6-15(13-16)8-10-19(2,3)22/h4-7,13,17,22H,1,9,11-12,14H2,2-3H3. The molecule has 0 aromatic heterocycles. The lowest BCUT2D eigenvalue weighted by atomic mass is 10.1. The van der Waals surface area contributed by atoms with Crippen LogP contribution in [0.1, 0.15) is 36.2 Å². The van der Waals surface area contributed by atoms with Gasteiger partial charge < -0.3 is 10.0 Å². The molecule has 1 heterocycles. The molecule has 5 nitrogen and oxygen atoms in total. The predicted molar refractivity (Wildman–Crippen MR) is 97.9 cm³/mol. The average Bonchev–Trinajstić information content (AvgIpc) is 2.89. The normalized spacial score (nSPS) is 18.9. The van der Waals surface area contributed by atoms with Crippen LogP contribution in [0.15, 0.2) is 36.9 Å². The molecule has 1 aliphatic rings. The molecule has 25 heavy (non-hydrogen) atoms. The van der Waals surface area contributed by atoms with Crippen LogP contribution in [-0.2, 0) is 9.84 Å². The maximum Gasteiger partial charge on any atom is 0.254 e. The minimum Gasteiger partial charge on any atom is -0.378 e. The number of hydrogen-bond acceptors (Lipinski definition) is 4. The van der Waals surface area contributed by atoms with Crippen LogP contribution in [0.25, 0.3) is 0 Å². The number of benzene rings is 1. The van der Waals surface area contributed by atoms with E-state index in [0.29, 0.717) is 24.1 Å². The van der Waals surface area contributed by atoms with Crippen LogP contribution in [0.4, 0.5) is 0 Å². The zero-order valence-corrected chi connectivity index (χ0v) is 15.3. The van der Waals surface area contributed by atoms with Gasteiger partial charge in [-0.05, 0) is 38.5 Å². The largest absolute Gasteiger partial charge is 0.378 e. The van der Waals surface area contributed by atoms with Gasteiger partial charge in [-0.3, -0.25) is 4.79 Å². The van der Waals surface area contributed by atoms with Crippen molar-refractivity contribution in [2.75, 3.05) is 18.1 Å². The molecule has 0 radical (unpaired) electrons. The van der Waals surface area contributed by atoms with Crippen molar-refractivity contribution in [2.45, 2.75) is 31.9 Å². The van der Waals surface area contributed by atoms with E-state index in [0.717, 1.165) is 0 Å². The summed E-state index contributed by atoms with van der Waals surface area (Å²) in [5, 5.41) is 9.69. The molecular weight excluding hydrogens is 338 g/mol. The number of aliphatic hydroxyl groups is 1. The Morgan fingerprint density at radius 2 is 2.20 bits per heavy atom. The third-order valence-electron chi connectivity index (χ3n) is 3.86. The molecule has 0 aliphatic carbocycles. The first-order chi connectivity index (χ1) is 11.6. The Balaban J connectivity index is 2.27. The Bertz CT molecular complexity index is 825. The quantitative estimate of drug-likeness (QED) is 0.653. The number of hydrogen-bond donors (Lipinski definition) is 1. The lowest BCUT2D eigenvalue weighted by Gasteiger charge is -2.27. The van der Waals surface area contributed by atoms with Crippen LogP contribution >= 0.6 is 0 Å². The van der Waals surface area contributed by atoms with Gasteiger partial charge in [0.1, 0.15) is 5.60 Å². The molecule has 1 atom stereocenters. The predicted octanol–water partition coefficient (Wildman–Crippen LogP) is 1.62. The number of carbonyl (C=O) groups is 1. The monoisotopic (exact) mass is 361 g/mol. The Kier molecular flexibility index (Phi) is 5.71. The molecular formula is C19H23NO4S. The van der Waals surface area contributed by atoms with Gasteiger partial charge in [0.2, 0.25) is 0 Å². The highest BCUT2D eigenvalue weighted by Gasteiger charge is 2.34. The SMILES string of the molecule is C=CCN(C(=O)c1cccc(C#CC(C)(C)O)c1)C1CCS(=O)(=O)C1. The smallest absolute Gasteiger partial charge is 0.254 e.